The number of rotatable bonds is 2. The quantitative estimate of drug-likeness (QED) is 0.834. The van der Waals surface area contributed by atoms with E-state index < -0.39 is 15.8 Å². The third kappa shape index (κ3) is 2.22. The van der Waals surface area contributed by atoms with Gasteiger partial charge >= 0.3 is 0 Å². The average Bonchev–Trinajstić information content (AvgIpc) is 2.70. The zero-order chi connectivity index (χ0) is 13.5. The van der Waals surface area contributed by atoms with Crippen LogP contribution in [0, 0.1) is 18.7 Å². The van der Waals surface area contributed by atoms with Crippen molar-refractivity contribution < 1.29 is 12.8 Å². The molecule has 2 rings (SSSR count). The number of benzene rings is 1. The molecule has 1 aliphatic rings. The molecule has 4 nitrogen and oxygen atoms in total. The normalized spacial score (nSPS) is 21.4. The van der Waals surface area contributed by atoms with Gasteiger partial charge in [-0.15, -0.1) is 0 Å². The van der Waals surface area contributed by atoms with Crippen molar-refractivity contribution in [2.24, 2.45) is 5.92 Å². The fourth-order valence-corrected chi connectivity index (χ4v) is 4.01. The number of hydrogen-bond donors (Lipinski definition) is 1. The fourth-order valence-electron chi connectivity index (χ4n) is 2.20. The third-order valence-electron chi connectivity index (χ3n) is 3.30. The van der Waals surface area contributed by atoms with Gasteiger partial charge in [-0.3, -0.25) is 0 Å². The summed E-state index contributed by atoms with van der Waals surface area (Å²) < 4.78 is 39.5. The number of nitrogens with zero attached hydrogens (tertiary/aromatic N) is 1. The molecule has 1 aromatic rings. The Balaban J connectivity index is 2.45. The van der Waals surface area contributed by atoms with Gasteiger partial charge in [0.15, 0.2) is 0 Å². The Bertz CT molecular complexity index is 572. The van der Waals surface area contributed by atoms with Gasteiger partial charge in [0.1, 0.15) is 5.82 Å². The molecule has 1 unspecified atom stereocenters. The van der Waals surface area contributed by atoms with E-state index in [4.69, 9.17) is 5.73 Å². The molecule has 1 heterocycles. The van der Waals surface area contributed by atoms with Crippen molar-refractivity contribution >= 4 is 15.7 Å². The van der Waals surface area contributed by atoms with Crippen LogP contribution in [0.25, 0.3) is 0 Å². The lowest BCUT2D eigenvalue weighted by Gasteiger charge is -2.18. The van der Waals surface area contributed by atoms with Gasteiger partial charge in [0, 0.05) is 13.1 Å². The second-order valence-corrected chi connectivity index (χ2v) is 6.80. The Labute approximate surface area is 107 Å². The second kappa shape index (κ2) is 4.51. The minimum absolute atomic E-state index is 0.107. The van der Waals surface area contributed by atoms with E-state index in [9.17, 15) is 12.8 Å². The molecule has 0 radical (unpaired) electrons. The third-order valence-corrected chi connectivity index (χ3v) is 5.31. The molecule has 1 saturated heterocycles. The minimum Gasteiger partial charge on any atom is -0.396 e. The summed E-state index contributed by atoms with van der Waals surface area (Å²) in [7, 11) is -3.55. The van der Waals surface area contributed by atoms with Crippen LogP contribution < -0.4 is 5.73 Å². The summed E-state index contributed by atoms with van der Waals surface area (Å²) in [5, 5.41) is 0. The summed E-state index contributed by atoms with van der Waals surface area (Å²) in [6.07, 6.45) is 0.856. The van der Waals surface area contributed by atoms with E-state index in [1.807, 2.05) is 6.92 Å². The van der Waals surface area contributed by atoms with Crippen LogP contribution in [0.15, 0.2) is 17.0 Å². The Morgan fingerprint density at radius 3 is 2.67 bits per heavy atom. The maximum absolute atomic E-state index is 13.3. The van der Waals surface area contributed by atoms with Crippen LogP contribution in [-0.2, 0) is 10.0 Å². The van der Waals surface area contributed by atoms with Crippen LogP contribution in [0.5, 0.6) is 0 Å². The van der Waals surface area contributed by atoms with Gasteiger partial charge in [-0.2, -0.15) is 4.31 Å². The molecule has 0 amide bonds. The first-order valence-corrected chi connectivity index (χ1v) is 7.32. The number of nitrogen functional groups attached to an aromatic ring is 1. The van der Waals surface area contributed by atoms with Gasteiger partial charge in [0.25, 0.3) is 0 Å². The average molecular weight is 272 g/mol. The van der Waals surface area contributed by atoms with Crippen molar-refractivity contribution in [3.05, 3.63) is 23.5 Å². The summed E-state index contributed by atoms with van der Waals surface area (Å²) in [5.41, 5.74) is 5.71. The van der Waals surface area contributed by atoms with E-state index in [1.54, 1.807) is 6.92 Å². The van der Waals surface area contributed by atoms with Gasteiger partial charge in [0.2, 0.25) is 10.0 Å². The van der Waals surface area contributed by atoms with Crippen LogP contribution in [-0.4, -0.2) is 25.8 Å². The lowest BCUT2D eigenvalue weighted by molar-refractivity contribution is 0.464. The maximum Gasteiger partial charge on any atom is 0.243 e. The topological polar surface area (TPSA) is 63.4 Å². The summed E-state index contributed by atoms with van der Waals surface area (Å²) in [4.78, 5) is 0.107. The van der Waals surface area contributed by atoms with Crippen molar-refractivity contribution in [2.45, 2.75) is 25.2 Å². The van der Waals surface area contributed by atoms with Crippen LogP contribution in [0.1, 0.15) is 18.9 Å². The molecule has 6 heteroatoms. The Hall–Kier alpha value is -1.14. The fraction of sp³-hybridized carbons (Fsp3) is 0.500. The largest absolute Gasteiger partial charge is 0.396 e. The predicted molar refractivity (Wildman–Crippen MR) is 68.1 cm³/mol. The second-order valence-electron chi connectivity index (χ2n) is 4.90. The van der Waals surface area contributed by atoms with E-state index in [1.165, 1.54) is 16.4 Å². The van der Waals surface area contributed by atoms with Gasteiger partial charge in [0.05, 0.1) is 10.6 Å². The van der Waals surface area contributed by atoms with E-state index in [0.29, 0.717) is 24.6 Å². The van der Waals surface area contributed by atoms with Gasteiger partial charge in [-0.1, -0.05) is 6.92 Å². The summed E-state index contributed by atoms with van der Waals surface area (Å²) >= 11 is 0. The number of aryl methyl sites for hydroxylation is 1. The lowest BCUT2D eigenvalue weighted by atomic mass is 10.2. The summed E-state index contributed by atoms with van der Waals surface area (Å²) in [6.45, 7) is 4.62. The first-order valence-electron chi connectivity index (χ1n) is 5.88. The molecule has 2 N–H and O–H groups in total. The molecule has 0 spiro atoms. The number of anilines is 1. The Morgan fingerprint density at radius 1 is 1.44 bits per heavy atom. The zero-order valence-electron chi connectivity index (χ0n) is 10.5. The molecule has 0 aromatic heterocycles. The molecular formula is C12H17FN2O2S. The molecule has 18 heavy (non-hydrogen) atoms. The van der Waals surface area contributed by atoms with E-state index in [2.05, 4.69) is 0 Å². The number of halogens is 1. The highest BCUT2D eigenvalue weighted by atomic mass is 32.2. The Kier molecular flexibility index (Phi) is 3.33. The highest BCUT2D eigenvalue weighted by Gasteiger charge is 2.32. The molecule has 1 fully saturated rings. The van der Waals surface area contributed by atoms with Gasteiger partial charge < -0.3 is 5.73 Å². The summed E-state index contributed by atoms with van der Waals surface area (Å²) in [6, 6.07) is 2.38. The number of hydrogen-bond acceptors (Lipinski definition) is 3. The SMILES string of the molecule is Cc1cc(F)c(N)cc1S(=O)(=O)N1CCC(C)C1. The first kappa shape index (κ1) is 13.3. The highest BCUT2D eigenvalue weighted by molar-refractivity contribution is 7.89. The molecular weight excluding hydrogens is 255 g/mol. The van der Waals surface area contributed by atoms with Crippen molar-refractivity contribution in [2.75, 3.05) is 18.8 Å². The van der Waals surface area contributed by atoms with Crippen LogP contribution in [0.2, 0.25) is 0 Å². The maximum atomic E-state index is 13.3. The van der Waals surface area contributed by atoms with Crippen LogP contribution >= 0.6 is 0 Å². The highest BCUT2D eigenvalue weighted by Crippen LogP contribution is 2.28. The van der Waals surface area contributed by atoms with Crippen LogP contribution in [0.4, 0.5) is 10.1 Å². The molecule has 1 aliphatic heterocycles. The predicted octanol–water partition coefficient (Wildman–Crippen LogP) is 1.75. The molecule has 0 bridgehead atoms. The zero-order valence-corrected chi connectivity index (χ0v) is 11.3. The van der Waals surface area contributed by atoms with E-state index in [0.717, 1.165) is 6.42 Å². The van der Waals surface area contributed by atoms with E-state index in [-0.39, 0.29) is 10.6 Å². The molecule has 1 aromatic carbocycles. The molecule has 0 saturated carbocycles. The first-order chi connectivity index (χ1) is 8.32. The Morgan fingerprint density at radius 2 is 2.11 bits per heavy atom. The lowest BCUT2D eigenvalue weighted by Crippen LogP contribution is -2.29. The minimum atomic E-state index is -3.55. The molecule has 0 aliphatic carbocycles. The number of nitrogens with two attached hydrogens (primary N) is 1. The monoisotopic (exact) mass is 272 g/mol. The van der Waals surface area contributed by atoms with Gasteiger partial charge in [-0.05, 0) is 37.0 Å². The molecule has 100 valence electrons. The van der Waals surface area contributed by atoms with Crippen LogP contribution in [0.3, 0.4) is 0 Å². The molecule has 1 atom stereocenters. The van der Waals surface area contributed by atoms with Crippen molar-refractivity contribution in [1.29, 1.82) is 0 Å². The smallest absolute Gasteiger partial charge is 0.243 e. The number of sulfonamides is 1. The van der Waals surface area contributed by atoms with Crippen molar-refractivity contribution in [1.82, 2.24) is 4.31 Å². The standard InChI is InChI=1S/C12H17FN2O2S/c1-8-3-4-15(7-8)18(16,17)12-6-11(14)10(13)5-9(12)2/h5-6,8H,3-4,7,14H2,1-2H3. The summed E-state index contributed by atoms with van der Waals surface area (Å²) in [5.74, 6) is -0.223. The van der Waals surface area contributed by atoms with Crippen molar-refractivity contribution in [3.8, 4) is 0 Å². The van der Waals surface area contributed by atoms with Gasteiger partial charge in [-0.25, -0.2) is 12.8 Å². The van der Waals surface area contributed by atoms with E-state index >= 15 is 0 Å². The van der Waals surface area contributed by atoms with Crippen molar-refractivity contribution in [3.63, 3.8) is 0 Å².